The number of halogens is 3. The van der Waals surface area contributed by atoms with E-state index in [0.717, 1.165) is 6.07 Å². The summed E-state index contributed by atoms with van der Waals surface area (Å²) in [6, 6.07) is 8.85. The van der Waals surface area contributed by atoms with Crippen molar-refractivity contribution in [1.29, 1.82) is 5.26 Å². The highest BCUT2D eigenvalue weighted by molar-refractivity contribution is 5.68. The number of nitriles is 1. The van der Waals surface area contributed by atoms with Crippen LogP contribution in [0, 0.1) is 11.3 Å². The van der Waals surface area contributed by atoms with Gasteiger partial charge in [-0.2, -0.15) is 18.4 Å². The minimum Gasteiger partial charge on any atom is -0.265 e. The van der Waals surface area contributed by atoms with E-state index in [1.807, 2.05) is 6.07 Å². The van der Waals surface area contributed by atoms with Crippen molar-refractivity contribution in [2.75, 3.05) is 0 Å². The molecule has 1 aromatic carbocycles. The zero-order chi connectivity index (χ0) is 13.9. The van der Waals surface area contributed by atoms with Crippen molar-refractivity contribution < 1.29 is 13.2 Å². The van der Waals surface area contributed by atoms with Crippen molar-refractivity contribution in [3.05, 3.63) is 53.9 Å². The lowest BCUT2D eigenvalue weighted by atomic mass is 9.97. The van der Waals surface area contributed by atoms with E-state index in [0.29, 0.717) is 11.1 Å². The third-order valence-corrected chi connectivity index (χ3v) is 2.66. The van der Waals surface area contributed by atoms with E-state index in [2.05, 4.69) is 4.98 Å². The van der Waals surface area contributed by atoms with Gasteiger partial charge in [-0.15, -0.1) is 0 Å². The monoisotopic (exact) mass is 262 g/mol. The number of nitrogens with zero attached hydrogens (tertiary/aromatic N) is 2. The van der Waals surface area contributed by atoms with Crippen molar-refractivity contribution in [2.45, 2.75) is 12.6 Å². The summed E-state index contributed by atoms with van der Waals surface area (Å²) in [6.07, 6.45) is -1.61. The van der Waals surface area contributed by atoms with Crippen LogP contribution in [0.1, 0.15) is 11.1 Å². The van der Waals surface area contributed by atoms with Gasteiger partial charge in [0.15, 0.2) is 0 Å². The van der Waals surface area contributed by atoms with Crippen LogP contribution in [0.3, 0.4) is 0 Å². The van der Waals surface area contributed by atoms with Gasteiger partial charge in [0.1, 0.15) is 0 Å². The fourth-order valence-electron chi connectivity index (χ4n) is 1.81. The lowest BCUT2D eigenvalue weighted by molar-refractivity contribution is -0.137. The van der Waals surface area contributed by atoms with Crippen LogP contribution >= 0.6 is 0 Å². The summed E-state index contributed by atoms with van der Waals surface area (Å²) in [6.45, 7) is 0. The third kappa shape index (κ3) is 2.91. The first kappa shape index (κ1) is 13.1. The molecule has 0 atom stereocenters. The van der Waals surface area contributed by atoms with Crippen LogP contribution in [0.25, 0.3) is 11.1 Å². The van der Waals surface area contributed by atoms with E-state index in [4.69, 9.17) is 5.26 Å². The molecule has 1 heterocycles. The maximum Gasteiger partial charge on any atom is 0.417 e. The van der Waals surface area contributed by atoms with E-state index in [9.17, 15) is 13.2 Å². The van der Waals surface area contributed by atoms with Crippen LogP contribution in [0.15, 0.2) is 42.7 Å². The summed E-state index contributed by atoms with van der Waals surface area (Å²) in [4.78, 5) is 3.79. The summed E-state index contributed by atoms with van der Waals surface area (Å²) >= 11 is 0. The van der Waals surface area contributed by atoms with Gasteiger partial charge < -0.3 is 0 Å². The van der Waals surface area contributed by atoms with E-state index < -0.39 is 11.7 Å². The van der Waals surface area contributed by atoms with Gasteiger partial charge >= 0.3 is 6.18 Å². The summed E-state index contributed by atoms with van der Waals surface area (Å²) in [5.41, 5.74) is 0.168. The Kier molecular flexibility index (Phi) is 3.52. The molecule has 0 radical (unpaired) electrons. The standard InChI is InChI=1S/C14H9F3N2/c15-14(16,17)13-9-10(3-6-18)1-2-12(13)11-4-7-19-8-5-11/h1-2,4-5,7-9H,3H2. The molecule has 0 unspecified atom stereocenters. The molecule has 0 bridgehead atoms. The number of hydrogen-bond donors (Lipinski definition) is 0. The number of aromatic nitrogens is 1. The molecule has 1 aromatic heterocycles. The van der Waals surface area contributed by atoms with Crippen molar-refractivity contribution in [3.8, 4) is 17.2 Å². The summed E-state index contributed by atoms with van der Waals surface area (Å²) in [5, 5.41) is 8.56. The maximum absolute atomic E-state index is 13.1. The number of benzene rings is 1. The van der Waals surface area contributed by atoms with E-state index >= 15 is 0 Å². The highest BCUT2D eigenvalue weighted by Gasteiger charge is 2.33. The predicted octanol–water partition coefficient (Wildman–Crippen LogP) is 3.83. The zero-order valence-electron chi connectivity index (χ0n) is 9.78. The van der Waals surface area contributed by atoms with Gasteiger partial charge in [-0.25, -0.2) is 0 Å². The molecule has 5 heteroatoms. The lowest BCUT2D eigenvalue weighted by Crippen LogP contribution is -2.08. The summed E-state index contributed by atoms with van der Waals surface area (Å²) in [5.74, 6) is 0. The highest BCUT2D eigenvalue weighted by Crippen LogP contribution is 2.37. The average molecular weight is 262 g/mol. The van der Waals surface area contributed by atoms with Gasteiger partial charge in [0.25, 0.3) is 0 Å². The molecule has 96 valence electrons. The van der Waals surface area contributed by atoms with Crippen LogP contribution in [-0.2, 0) is 12.6 Å². The number of alkyl halides is 3. The van der Waals surface area contributed by atoms with Crippen LogP contribution in [0.2, 0.25) is 0 Å². The molecule has 19 heavy (non-hydrogen) atoms. The molecule has 2 aromatic rings. The fraction of sp³-hybridized carbons (Fsp3) is 0.143. The number of hydrogen-bond acceptors (Lipinski definition) is 2. The lowest BCUT2D eigenvalue weighted by Gasteiger charge is -2.14. The molecular formula is C14H9F3N2. The number of pyridine rings is 1. The van der Waals surface area contributed by atoms with Gasteiger partial charge in [-0.1, -0.05) is 12.1 Å². The summed E-state index contributed by atoms with van der Waals surface area (Å²) in [7, 11) is 0. The molecule has 0 saturated carbocycles. The van der Waals surface area contributed by atoms with Crippen molar-refractivity contribution >= 4 is 0 Å². The third-order valence-electron chi connectivity index (χ3n) is 2.66. The van der Waals surface area contributed by atoms with Gasteiger partial charge in [-0.3, -0.25) is 4.98 Å². The van der Waals surface area contributed by atoms with Gasteiger partial charge in [0.2, 0.25) is 0 Å². The largest absolute Gasteiger partial charge is 0.417 e. The Morgan fingerprint density at radius 3 is 2.37 bits per heavy atom. The molecule has 2 rings (SSSR count). The Bertz CT molecular complexity index is 613. The molecule has 0 aliphatic carbocycles. The first-order valence-electron chi connectivity index (χ1n) is 5.50. The Hall–Kier alpha value is -2.35. The SMILES string of the molecule is N#CCc1ccc(-c2ccncc2)c(C(F)(F)F)c1. The molecule has 0 saturated heterocycles. The minimum atomic E-state index is -4.45. The van der Waals surface area contributed by atoms with E-state index in [-0.39, 0.29) is 12.0 Å². The highest BCUT2D eigenvalue weighted by atomic mass is 19.4. The summed E-state index contributed by atoms with van der Waals surface area (Å²) < 4.78 is 39.2. The molecule has 0 aliphatic heterocycles. The van der Waals surface area contributed by atoms with Gasteiger partial charge in [0.05, 0.1) is 18.1 Å². The maximum atomic E-state index is 13.1. The van der Waals surface area contributed by atoms with Crippen LogP contribution in [0.4, 0.5) is 13.2 Å². The van der Waals surface area contributed by atoms with Crippen LogP contribution in [0.5, 0.6) is 0 Å². The topological polar surface area (TPSA) is 36.7 Å². The second-order valence-electron chi connectivity index (χ2n) is 3.95. The molecular weight excluding hydrogens is 253 g/mol. The first-order chi connectivity index (χ1) is 9.02. The quantitative estimate of drug-likeness (QED) is 0.824. The van der Waals surface area contributed by atoms with Gasteiger partial charge in [0, 0.05) is 12.4 Å². The fourth-order valence-corrected chi connectivity index (χ4v) is 1.81. The van der Waals surface area contributed by atoms with E-state index in [1.165, 1.54) is 36.7 Å². The molecule has 0 N–H and O–H groups in total. The van der Waals surface area contributed by atoms with Crippen LogP contribution in [-0.4, -0.2) is 4.98 Å². The van der Waals surface area contributed by atoms with Crippen molar-refractivity contribution in [1.82, 2.24) is 4.98 Å². The Morgan fingerprint density at radius 2 is 1.79 bits per heavy atom. The van der Waals surface area contributed by atoms with E-state index in [1.54, 1.807) is 0 Å². The first-order valence-corrected chi connectivity index (χ1v) is 5.50. The van der Waals surface area contributed by atoms with Crippen molar-refractivity contribution in [3.63, 3.8) is 0 Å². The van der Waals surface area contributed by atoms with Crippen molar-refractivity contribution in [2.24, 2.45) is 0 Å². The predicted molar refractivity (Wildman–Crippen MR) is 64.0 cm³/mol. The van der Waals surface area contributed by atoms with Gasteiger partial charge in [-0.05, 0) is 34.9 Å². The Morgan fingerprint density at radius 1 is 1.11 bits per heavy atom. The number of rotatable bonds is 2. The Labute approximate surface area is 108 Å². The van der Waals surface area contributed by atoms with Crippen LogP contribution < -0.4 is 0 Å². The minimum absolute atomic E-state index is 0.0420. The normalized spacial score (nSPS) is 11.1. The smallest absolute Gasteiger partial charge is 0.265 e. The molecule has 0 fully saturated rings. The average Bonchev–Trinajstić information content (AvgIpc) is 2.39. The molecule has 0 aliphatic rings. The molecule has 2 nitrogen and oxygen atoms in total. The molecule has 0 spiro atoms. The zero-order valence-corrected chi connectivity index (χ0v) is 9.78. The second-order valence-corrected chi connectivity index (χ2v) is 3.95. The Balaban J connectivity index is 2.59. The molecule has 0 amide bonds. The second kappa shape index (κ2) is 5.11.